The van der Waals surface area contributed by atoms with Crippen molar-refractivity contribution < 1.29 is 24.5 Å². The molecule has 0 spiro atoms. The highest BCUT2D eigenvalue weighted by Crippen LogP contribution is 2.19. The molecule has 0 fully saturated rings. The molecule has 1 amide bonds. The summed E-state index contributed by atoms with van der Waals surface area (Å²) in [7, 11) is 0. The van der Waals surface area contributed by atoms with Crippen LogP contribution >= 0.6 is 0 Å². The van der Waals surface area contributed by atoms with Crippen molar-refractivity contribution in [2.75, 3.05) is 13.2 Å². The monoisotopic (exact) mass is 1070 g/mol. The predicted octanol–water partition coefficient (Wildman–Crippen LogP) is 22.4. The lowest BCUT2D eigenvalue weighted by Crippen LogP contribution is -2.45. The van der Waals surface area contributed by atoms with Crippen LogP contribution in [-0.4, -0.2) is 47.4 Å². The molecule has 0 aromatic heterocycles. The van der Waals surface area contributed by atoms with Gasteiger partial charge < -0.3 is 20.3 Å². The van der Waals surface area contributed by atoms with E-state index in [1.807, 2.05) is 0 Å². The van der Waals surface area contributed by atoms with Crippen LogP contribution in [0.25, 0.3) is 0 Å². The summed E-state index contributed by atoms with van der Waals surface area (Å²) in [5.74, 6) is -0.0346. The minimum atomic E-state index is -0.670. The first-order chi connectivity index (χ1) is 37.5. The summed E-state index contributed by atoms with van der Waals surface area (Å²) >= 11 is 0. The standard InChI is InChI=1S/C70H137NO5/c1-3-5-7-9-11-13-15-17-19-21-23-24-25-26-27-28-29-30-34-38-42-46-50-54-58-62-68(73)67(66-72)71-69(74)63-59-55-51-47-43-39-35-32-33-37-41-45-49-53-57-61-65-76-70(75)64-60-56-52-48-44-40-36-31-22-20-18-16-14-12-10-8-6-4-2/h20,22,67-68,72-73H,3-19,21,23-66H2,1-2H3,(H,71,74)/b22-20-. The molecule has 0 aromatic rings. The molecule has 0 aromatic carbocycles. The van der Waals surface area contributed by atoms with Crippen molar-refractivity contribution in [1.82, 2.24) is 5.32 Å². The molecule has 2 atom stereocenters. The summed E-state index contributed by atoms with van der Waals surface area (Å²) in [5, 5.41) is 23.4. The van der Waals surface area contributed by atoms with Gasteiger partial charge in [0.25, 0.3) is 0 Å². The van der Waals surface area contributed by atoms with E-state index in [9.17, 15) is 19.8 Å². The van der Waals surface area contributed by atoms with Crippen LogP contribution in [0.3, 0.4) is 0 Å². The Bertz CT molecular complexity index is 1140. The topological polar surface area (TPSA) is 95.9 Å². The third-order valence-electron chi connectivity index (χ3n) is 16.6. The molecule has 0 radical (unpaired) electrons. The van der Waals surface area contributed by atoms with Gasteiger partial charge in [0.2, 0.25) is 5.91 Å². The summed E-state index contributed by atoms with van der Waals surface area (Å²) in [6.07, 6.45) is 81.0. The molecule has 0 aliphatic heterocycles. The number of hydrogen-bond donors (Lipinski definition) is 3. The molecule has 0 bridgehead atoms. The third kappa shape index (κ3) is 61.8. The normalized spacial score (nSPS) is 12.5. The van der Waals surface area contributed by atoms with Crippen molar-refractivity contribution in [3.63, 3.8) is 0 Å². The number of esters is 1. The molecule has 0 aliphatic rings. The molecule has 0 rings (SSSR count). The highest BCUT2D eigenvalue weighted by Gasteiger charge is 2.20. The molecule has 6 heteroatoms. The van der Waals surface area contributed by atoms with Crippen molar-refractivity contribution >= 4 is 11.9 Å². The average Bonchev–Trinajstić information content (AvgIpc) is 3.42. The number of hydrogen-bond acceptors (Lipinski definition) is 5. The maximum absolute atomic E-state index is 12.6. The lowest BCUT2D eigenvalue weighted by Gasteiger charge is -2.22. The smallest absolute Gasteiger partial charge is 0.305 e. The summed E-state index contributed by atoms with van der Waals surface area (Å²) in [6, 6.07) is -0.548. The largest absolute Gasteiger partial charge is 0.466 e. The zero-order valence-corrected chi connectivity index (χ0v) is 51.8. The maximum atomic E-state index is 12.6. The van der Waals surface area contributed by atoms with Crippen LogP contribution in [0.1, 0.15) is 399 Å². The first-order valence-electron chi connectivity index (χ1n) is 34.9. The first-order valence-corrected chi connectivity index (χ1v) is 34.9. The van der Waals surface area contributed by atoms with Gasteiger partial charge in [-0.2, -0.15) is 0 Å². The number of aliphatic hydroxyl groups is 2. The number of rotatable bonds is 66. The van der Waals surface area contributed by atoms with Crippen LogP contribution < -0.4 is 5.32 Å². The molecule has 0 heterocycles. The van der Waals surface area contributed by atoms with E-state index in [1.165, 1.54) is 321 Å². The van der Waals surface area contributed by atoms with Crippen molar-refractivity contribution in [3.8, 4) is 0 Å². The van der Waals surface area contributed by atoms with Gasteiger partial charge in [0.15, 0.2) is 0 Å². The van der Waals surface area contributed by atoms with E-state index in [2.05, 4.69) is 31.3 Å². The predicted molar refractivity (Wildman–Crippen MR) is 333 cm³/mol. The second-order valence-electron chi connectivity index (χ2n) is 24.2. The minimum absolute atomic E-state index is 0.00196. The van der Waals surface area contributed by atoms with E-state index in [0.717, 1.165) is 44.9 Å². The van der Waals surface area contributed by atoms with Crippen LogP contribution in [0.4, 0.5) is 0 Å². The molecular formula is C70H137NO5. The third-order valence-corrected chi connectivity index (χ3v) is 16.6. The molecule has 0 saturated heterocycles. The number of carbonyl (C=O) groups excluding carboxylic acids is 2. The minimum Gasteiger partial charge on any atom is -0.466 e. The highest BCUT2D eigenvalue weighted by molar-refractivity contribution is 5.76. The Morgan fingerprint density at radius 3 is 0.934 bits per heavy atom. The van der Waals surface area contributed by atoms with Crippen molar-refractivity contribution in [2.24, 2.45) is 0 Å². The Morgan fingerprint density at radius 2 is 0.618 bits per heavy atom. The van der Waals surface area contributed by atoms with E-state index >= 15 is 0 Å². The first kappa shape index (κ1) is 74.6. The lowest BCUT2D eigenvalue weighted by molar-refractivity contribution is -0.143. The molecule has 0 saturated carbocycles. The van der Waals surface area contributed by atoms with Crippen LogP contribution in [-0.2, 0) is 14.3 Å². The van der Waals surface area contributed by atoms with Crippen LogP contribution in [0.5, 0.6) is 0 Å². The van der Waals surface area contributed by atoms with Gasteiger partial charge in [0.05, 0.1) is 25.4 Å². The molecule has 0 aliphatic carbocycles. The second-order valence-corrected chi connectivity index (χ2v) is 24.2. The Labute approximate surface area is 476 Å². The Morgan fingerprint density at radius 1 is 0.355 bits per heavy atom. The Hall–Kier alpha value is -1.40. The Kier molecular flexibility index (Phi) is 64.9. The summed E-state index contributed by atoms with van der Waals surface area (Å²) in [6.45, 7) is 4.98. The van der Waals surface area contributed by atoms with Gasteiger partial charge in [-0.05, 0) is 51.4 Å². The van der Waals surface area contributed by atoms with Gasteiger partial charge in [-0.1, -0.05) is 347 Å². The molecule has 3 N–H and O–H groups in total. The number of aliphatic hydroxyl groups excluding tert-OH is 2. The van der Waals surface area contributed by atoms with Gasteiger partial charge in [-0.3, -0.25) is 9.59 Å². The molecule has 452 valence electrons. The molecular weight excluding hydrogens is 935 g/mol. The van der Waals surface area contributed by atoms with E-state index in [0.29, 0.717) is 25.9 Å². The van der Waals surface area contributed by atoms with Gasteiger partial charge in [-0.15, -0.1) is 0 Å². The van der Waals surface area contributed by atoms with Crippen LogP contribution in [0.2, 0.25) is 0 Å². The van der Waals surface area contributed by atoms with E-state index in [4.69, 9.17) is 4.74 Å². The molecule has 6 nitrogen and oxygen atoms in total. The SMILES string of the molecule is CCCCCCCCC/C=C\CCCCCCCCCC(=O)OCCCCCCCCCCCCCCCCCCC(=O)NC(CO)C(O)CCCCCCCCCCCCCCCCCCCCCCCCCCC. The summed E-state index contributed by atoms with van der Waals surface area (Å²) in [5.41, 5.74) is 0. The highest BCUT2D eigenvalue weighted by atomic mass is 16.5. The van der Waals surface area contributed by atoms with E-state index in [1.54, 1.807) is 0 Å². The number of ether oxygens (including phenoxy) is 1. The molecule has 2 unspecified atom stereocenters. The van der Waals surface area contributed by atoms with Gasteiger partial charge >= 0.3 is 5.97 Å². The number of amides is 1. The van der Waals surface area contributed by atoms with E-state index in [-0.39, 0.29) is 18.5 Å². The number of unbranched alkanes of at least 4 members (excludes halogenated alkanes) is 53. The zero-order chi connectivity index (χ0) is 55.0. The zero-order valence-electron chi connectivity index (χ0n) is 51.8. The van der Waals surface area contributed by atoms with Gasteiger partial charge in [0, 0.05) is 12.8 Å². The maximum Gasteiger partial charge on any atom is 0.305 e. The number of carbonyl (C=O) groups is 2. The number of allylic oxidation sites excluding steroid dienone is 2. The molecule has 76 heavy (non-hydrogen) atoms. The summed E-state index contributed by atoms with van der Waals surface area (Å²) < 4.78 is 5.50. The van der Waals surface area contributed by atoms with Crippen molar-refractivity contribution in [2.45, 2.75) is 411 Å². The van der Waals surface area contributed by atoms with E-state index < -0.39 is 12.1 Å². The van der Waals surface area contributed by atoms with Crippen molar-refractivity contribution in [1.29, 1.82) is 0 Å². The fourth-order valence-electron chi connectivity index (χ4n) is 11.2. The Balaban J connectivity index is 3.40. The van der Waals surface area contributed by atoms with Crippen LogP contribution in [0, 0.1) is 0 Å². The second kappa shape index (κ2) is 66.1. The van der Waals surface area contributed by atoms with Crippen molar-refractivity contribution in [3.05, 3.63) is 12.2 Å². The fraction of sp³-hybridized carbons (Fsp3) is 0.943. The fourth-order valence-corrected chi connectivity index (χ4v) is 11.2. The van der Waals surface area contributed by atoms with Gasteiger partial charge in [0.1, 0.15) is 0 Å². The quantitative estimate of drug-likeness (QED) is 0.0320. The van der Waals surface area contributed by atoms with Crippen LogP contribution in [0.15, 0.2) is 12.2 Å². The number of nitrogens with one attached hydrogen (secondary N) is 1. The average molecular weight is 1070 g/mol. The lowest BCUT2D eigenvalue weighted by atomic mass is 10.0. The summed E-state index contributed by atoms with van der Waals surface area (Å²) in [4.78, 5) is 24.7. The van der Waals surface area contributed by atoms with Gasteiger partial charge in [-0.25, -0.2) is 0 Å².